The van der Waals surface area contributed by atoms with Crippen molar-refractivity contribution in [3.05, 3.63) is 30.3 Å². The van der Waals surface area contributed by atoms with Crippen LogP contribution in [-0.4, -0.2) is 0 Å². The topological polar surface area (TPSA) is 26.0 Å². The van der Waals surface area contributed by atoms with Crippen LogP contribution in [0.5, 0.6) is 0 Å². The summed E-state index contributed by atoms with van der Waals surface area (Å²) in [4.78, 5) is 0. The molecule has 2 N–H and O–H groups in total. The molecule has 0 unspecified atom stereocenters. The van der Waals surface area contributed by atoms with E-state index in [-0.39, 0.29) is 20.3 Å². The van der Waals surface area contributed by atoms with Gasteiger partial charge in [0.15, 0.2) is 0 Å². The van der Waals surface area contributed by atoms with E-state index in [2.05, 4.69) is 0 Å². The third-order valence-electron chi connectivity index (χ3n) is 0.800. The minimum absolute atomic E-state index is 0. The average Bonchev–Trinajstić information content (AvgIpc) is 1.69. The van der Waals surface area contributed by atoms with Gasteiger partial charge in [-0.05, 0) is 12.1 Å². The number of hydrogen-bond donors (Lipinski definition) is 1. The number of hydrogen-bond acceptors (Lipinski definition) is 1. The van der Waals surface area contributed by atoms with Crippen molar-refractivity contribution in [1.82, 2.24) is 0 Å². The molecular weight excluding hydrogens is 93.0 g/mol. The van der Waals surface area contributed by atoms with Crippen molar-refractivity contribution < 1.29 is 20.3 Å². The Labute approximate surface area is 62.6 Å². The normalized spacial score (nSPS) is 7.50. The summed E-state index contributed by atoms with van der Waals surface area (Å²) in [6.45, 7) is 0. The van der Waals surface area contributed by atoms with Crippen LogP contribution in [0.25, 0.3) is 0 Å². The Hall–Kier alpha value is -0.383. The molecule has 0 aliphatic rings. The summed E-state index contributed by atoms with van der Waals surface area (Å²) in [5.41, 5.74) is 6.18. The van der Waals surface area contributed by atoms with Crippen molar-refractivity contribution in [3.63, 3.8) is 0 Å². The standard InChI is InChI=1S/C6H7N.Li.H/c7-6-4-2-1-3-5-6;;/h1-5H,7H2;;/q;+1;-1. The molecule has 0 radical (unpaired) electrons. The van der Waals surface area contributed by atoms with Crippen LogP contribution in [0.1, 0.15) is 1.43 Å². The molecule has 0 heterocycles. The molecule has 0 aliphatic heterocycles. The minimum atomic E-state index is 0. The van der Waals surface area contributed by atoms with Gasteiger partial charge in [-0.1, -0.05) is 18.2 Å². The molecule has 1 rings (SSSR count). The van der Waals surface area contributed by atoms with E-state index in [4.69, 9.17) is 5.73 Å². The molecule has 0 spiro atoms. The van der Waals surface area contributed by atoms with Crippen LogP contribution in [0.15, 0.2) is 30.3 Å². The largest absolute Gasteiger partial charge is 1.00 e. The number of benzene rings is 1. The van der Waals surface area contributed by atoms with Crippen molar-refractivity contribution in [2.24, 2.45) is 0 Å². The van der Waals surface area contributed by atoms with E-state index >= 15 is 0 Å². The van der Waals surface area contributed by atoms with E-state index in [0.717, 1.165) is 5.69 Å². The first-order chi connectivity index (χ1) is 3.39. The van der Waals surface area contributed by atoms with Gasteiger partial charge < -0.3 is 7.16 Å². The van der Waals surface area contributed by atoms with Crippen LogP contribution in [0.2, 0.25) is 0 Å². The van der Waals surface area contributed by atoms with E-state index < -0.39 is 0 Å². The third kappa shape index (κ3) is 2.06. The Morgan fingerprint density at radius 3 is 1.88 bits per heavy atom. The summed E-state index contributed by atoms with van der Waals surface area (Å²) in [7, 11) is 0. The van der Waals surface area contributed by atoms with Gasteiger partial charge in [-0.3, -0.25) is 0 Å². The quantitative estimate of drug-likeness (QED) is 0.308. The van der Waals surface area contributed by atoms with Crippen LogP contribution < -0.4 is 24.6 Å². The maximum absolute atomic E-state index is 5.36. The summed E-state index contributed by atoms with van der Waals surface area (Å²) >= 11 is 0. The van der Waals surface area contributed by atoms with Gasteiger partial charge in [0.2, 0.25) is 0 Å². The van der Waals surface area contributed by atoms with Crippen molar-refractivity contribution in [1.29, 1.82) is 0 Å². The van der Waals surface area contributed by atoms with Crippen molar-refractivity contribution in [2.45, 2.75) is 0 Å². The maximum Gasteiger partial charge on any atom is 1.00 e. The molecule has 0 fully saturated rings. The predicted molar refractivity (Wildman–Crippen MR) is 32.0 cm³/mol. The monoisotopic (exact) mass is 101 g/mol. The number of rotatable bonds is 0. The molecule has 0 aliphatic carbocycles. The first kappa shape index (κ1) is 7.62. The van der Waals surface area contributed by atoms with E-state index in [0.29, 0.717) is 0 Å². The van der Waals surface area contributed by atoms with E-state index in [9.17, 15) is 0 Å². The SMILES string of the molecule is Nc1ccccc1.[H-].[Li+]. The van der Waals surface area contributed by atoms with E-state index in [1.807, 2.05) is 30.3 Å². The number of anilines is 1. The summed E-state index contributed by atoms with van der Waals surface area (Å²) in [5, 5.41) is 0. The molecule has 2 heteroatoms. The molecular formula is C6H8LiN. The van der Waals surface area contributed by atoms with Crippen LogP contribution in [0.3, 0.4) is 0 Å². The van der Waals surface area contributed by atoms with Gasteiger partial charge in [-0.2, -0.15) is 0 Å². The average molecular weight is 101 g/mol. The van der Waals surface area contributed by atoms with Gasteiger partial charge in [0.05, 0.1) is 0 Å². The van der Waals surface area contributed by atoms with E-state index in [1.54, 1.807) is 0 Å². The van der Waals surface area contributed by atoms with Gasteiger partial charge >= 0.3 is 18.9 Å². The minimum Gasteiger partial charge on any atom is -1.00 e. The molecule has 0 aromatic heterocycles. The smallest absolute Gasteiger partial charge is 1.00 e. The maximum atomic E-state index is 5.36. The number of nitrogen functional groups attached to an aromatic ring is 1. The van der Waals surface area contributed by atoms with Gasteiger partial charge in [0.1, 0.15) is 0 Å². The Morgan fingerprint density at radius 1 is 1.12 bits per heavy atom. The molecule has 0 saturated heterocycles. The van der Waals surface area contributed by atoms with Crippen LogP contribution >= 0.6 is 0 Å². The van der Waals surface area contributed by atoms with Crippen LogP contribution in [0, 0.1) is 0 Å². The molecule has 1 aromatic rings. The second kappa shape index (κ2) is 3.60. The zero-order valence-electron chi connectivity index (χ0n) is 5.96. The molecule has 1 aromatic carbocycles. The van der Waals surface area contributed by atoms with Gasteiger partial charge in [-0.25, -0.2) is 0 Å². The molecule has 0 bridgehead atoms. The summed E-state index contributed by atoms with van der Waals surface area (Å²) < 4.78 is 0. The van der Waals surface area contributed by atoms with Gasteiger partial charge in [0, 0.05) is 5.69 Å². The molecule has 8 heavy (non-hydrogen) atoms. The molecule has 1 nitrogen and oxygen atoms in total. The molecule has 0 amide bonds. The zero-order valence-corrected chi connectivity index (χ0v) is 4.96. The second-order valence-electron chi connectivity index (χ2n) is 1.41. The van der Waals surface area contributed by atoms with Gasteiger partial charge in [-0.15, -0.1) is 0 Å². The number of para-hydroxylation sites is 1. The van der Waals surface area contributed by atoms with Crippen molar-refractivity contribution in [3.8, 4) is 0 Å². The van der Waals surface area contributed by atoms with Gasteiger partial charge in [0.25, 0.3) is 0 Å². The van der Waals surface area contributed by atoms with Crippen LogP contribution in [0.4, 0.5) is 5.69 Å². The fourth-order valence-electron chi connectivity index (χ4n) is 0.453. The predicted octanol–water partition coefficient (Wildman–Crippen LogP) is -1.61. The fraction of sp³-hybridized carbons (Fsp3) is 0. The Morgan fingerprint density at radius 2 is 1.62 bits per heavy atom. The van der Waals surface area contributed by atoms with Crippen LogP contribution in [-0.2, 0) is 0 Å². The zero-order chi connectivity index (χ0) is 5.11. The first-order valence-corrected chi connectivity index (χ1v) is 2.20. The Balaban J connectivity index is 0. The third-order valence-corrected chi connectivity index (χ3v) is 0.800. The van der Waals surface area contributed by atoms with Crippen molar-refractivity contribution >= 4 is 5.69 Å². The summed E-state index contributed by atoms with van der Waals surface area (Å²) in [6.07, 6.45) is 0. The fourth-order valence-corrected chi connectivity index (χ4v) is 0.453. The van der Waals surface area contributed by atoms with Crippen molar-refractivity contribution in [2.75, 3.05) is 5.73 Å². The first-order valence-electron chi connectivity index (χ1n) is 2.20. The van der Waals surface area contributed by atoms with E-state index in [1.165, 1.54) is 0 Å². The summed E-state index contributed by atoms with van der Waals surface area (Å²) in [5.74, 6) is 0. The molecule has 0 atom stereocenters. The molecule has 38 valence electrons. The molecule has 0 saturated carbocycles. The number of nitrogens with two attached hydrogens (primary N) is 1. The Kier molecular flexibility index (Phi) is 3.43. The summed E-state index contributed by atoms with van der Waals surface area (Å²) in [6, 6.07) is 9.49. The second-order valence-corrected chi connectivity index (χ2v) is 1.41. The Bertz CT molecular complexity index is 143.